The van der Waals surface area contributed by atoms with Gasteiger partial charge in [-0.15, -0.1) is 0 Å². The smallest absolute Gasteiger partial charge is 0.307 e. The number of nitrogens with zero attached hydrogens (tertiary/aromatic N) is 1. The maximum Gasteiger partial charge on any atom is 0.307 e. The number of carboxylic acid groups (broad SMARTS) is 1. The monoisotopic (exact) mass is 267 g/mol. The molecule has 15 heavy (non-hydrogen) atoms. The quantitative estimate of drug-likeness (QED) is 0.916. The Morgan fingerprint density at radius 1 is 1.60 bits per heavy atom. The lowest BCUT2D eigenvalue weighted by molar-refractivity contribution is -0.136. The number of aliphatic carboxylic acids is 1. The van der Waals surface area contributed by atoms with E-state index in [2.05, 4.69) is 22.0 Å². The van der Waals surface area contributed by atoms with Crippen molar-refractivity contribution in [1.29, 1.82) is 5.26 Å². The average molecular weight is 268 g/mol. The van der Waals surface area contributed by atoms with E-state index in [0.717, 1.165) is 12.0 Å². The molecule has 0 aliphatic heterocycles. The molecule has 78 valence electrons. The molecule has 0 unspecified atom stereocenters. The lowest BCUT2D eigenvalue weighted by Gasteiger charge is -2.08. The van der Waals surface area contributed by atoms with Crippen molar-refractivity contribution in [1.82, 2.24) is 0 Å². The molecular formula is C11H10BrNO2. The minimum Gasteiger partial charge on any atom is -0.481 e. The van der Waals surface area contributed by atoms with Crippen molar-refractivity contribution in [3.8, 4) is 6.07 Å². The lowest BCUT2D eigenvalue weighted by atomic mass is 9.98. The number of nitriles is 1. The topological polar surface area (TPSA) is 61.1 Å². The average Bonchev–Trinajstić information content (AvgIpc) is 2.20. The van der Waals surface area contributed by atoms with Crippen molar-refractivity contribution < 1.29 is 9.90 Å². The zero-order valence-electron chi connectivity index (χ0n) is 8.25. The van der Waals surface area contributed by atoms with Gasteiger partial charge in [-0.3, -0.25) is 4.79 Å². The number of hydrogen-bond acceptors (Lipinski definition) is 2. The van der Waals surface area contributed by atoms with E-state index in [0.29, 0.717) is 15.6 Å². The van der Waals surface area contributed by atoms with Crippen LogP contribution in [0, 0.1) is 11.3 Å². The lowest BCUT2D eigenvalue weighted by Crippen LogP contribution is -2.05. The van der Waals surface area contributed by atoms with Crippen molar-refractivity contribution in [2.24, 2.45) is 0 Å². The molecule has 0 fully saturated rings. The van der Waals surface area contributed by atoms with Crippen molar-refractivity contribution >= 4 is 21.9 Å². The molecule has 0 amide bonds. The summed E-state index contributed by atoms with van der Waals surface area (Å²) in [5, 5.41) is 17.7. The molecule has 0 atom stereocenters. The zero-order valence-corrected chi connectivity index (χ0v) is 9.84. The number of benzene rings is 1. The molecule has 1 aromatic rings. The Kier molecular flexibility index (Phi) is 3.87. The Hall–Kier alpha value is -1.34. The number of carboxylic acids is 1. The van der Waals surface area contributed by atoms with Crippen LogP contribution in [0.3, 0.4) is 0 Å². The maximum atomic E-state index is 10.7. The highest BCUT2D eigenvalue weighted by atomic mass is 79.9. The third kappa shape index (κ3) is 2.57. The van der Waals surface area contributed by atoms with E-state index in [9.17, 15) is 4.79 Å². The molecule has 4 heteroatoms. The Morgan fingerprint density at radius 2 is 2.27 bits per heavy atom. The Labute approximate surface area is 96.5 Å². The fourth-order valence-electron chi connectivity index (χ4n) is 1.43. The van der Waals surface area contributed by atoms with Crippen LogP contribution in [0.2, 0.25) is 0 Å². The van der Waals surface area contributed by atoms with Crippen LogP contribution in [0.25, 0.3) is 0 Å². The standard InChI is InChI=1S/C11H10BrNO2/c1-2-7-3-4-10(12)8(5-11(14)15)9(7)6-13/h3-4H,2,5H2,1H3,(H,14,15). The third-order valence-corrected chi connectivity index (χ3v) is 2.91. The molecule has 1 rings (SSSR count). The minimum atomic E-state index is -0.930. The molecule has 1 aromatic carbocycles. The van der Waals surface area contributed by atoms with Gasteiger partial charge >= 0.3 is 5.97 Å². The summed E-state index contributed by atoms with van der Waals surface area (Å²) in [5.74, 6) is -0.930. The van der Waals surface area contributed by atoms with E-state index >= 15 is 0 Å². The summed E-state index contributed by atoms with van der Waals surface area (Å²) in [5.41, 5.74) is 1.93. The fraction of sp³-hybridized carbons (Fsp3) is 0.273. The number of rotatable bonds is 3. The predicted octanol–water partition coefficient (Wildman–Crippen LogP) is 2.51. The van der Waals surface area contributed by atoms with Crippen molar-refractivity contribution in [2.45, 2.75) is 19.8 Å². The van der Waals surface area contributed by atoms with Gasteiger partial charge in [-0.05, 0) is 23.6 Å². The van der Waals surface area contributed by atoms with E-state index in [1.165, 1.54) is 0 Å². The SMILES string of the molecule is CCc1ccc(Br)c(CC(=O)O)c1C#N. The molecule has 0 bridgehead atoms. The Bertz CT molecular complexity index is 435. The van der Waals surface area contributed by atoms with Gasteiger partial charge in [0.2, 0.25) is 0 Å². The van der Waals surface area contributed by atoms with Gasteiger partial charge < -0.3 is 5.11 Å². The summed E-state index contributed by atoms with van der Waals surface area (Å²) in [6, 6.07) is 5.70. The van der Waals surface area contributed by atoms with Crippen LogP contribution in [0.1, 0.15) is 23.6 Å². The Morgan fingerprint density at radius 3 is 2.73 bits per heavy atom. The fourth-order valence-corrected chi connectivity index (χ4v) is 1.90. The molecule has 0 aromatic heterocycles. The highest BCUT2D eigenvalue weighted by Gasteiger charge is 2.13. The van der Waals surface area contributed by atoms with Gasteiger partial charge in [0.25, 0.3) is 0 Å². The van der Waals surface area contributed by atoms with Gasteiger partial charge in [-0.25, -0.2) is 0 Å². The Balaban J connectivity index is 3.33. The molecule has 3 nitrogen and oxygen atoms in total. The van der Waals surface area contributed by atoms with Gasteiger partial charge in [-0.1, -0.05) is 28.9 Å². The number of aryl methyl sites for hydroxylation is 1. The normalized spacial score (nSPS) is 9.67. The number of hydrogen-bond donors (Lipinski definition) is 1. The predicted molar refractivity (Wildman–Crippen MR) is 59.6 cm³/mol. The van der Waals surface area contributed by atoms with Crippen molar-refractivity contribution in [2.75, 3.05) is 0 Å². The molecular weight excluding hydrogens is 258 g/mol. The first-order valence-corrected chi connectivity index (χ1v) is 5.31. The maximum absolute atomic E-state index is 10.7. The second-order valence-electron chi connectivity index (χ2n) is 3.10. The summed E-state index contributed by atoms with van der Waals surface area (Å²) in [4.78, 5) is 10.7. The first kappa shape index (κ1) is 11.7. The second-order valence-corrected chi connectivity index (χ2v) is 3.95. The van der Waals surface area contributed by atoms with Crippen molar-refractivity contribution in [3.05, 3.63) is 33.3 Å². The van der Waals surface area contributed by atoms with Gasteiger partial charge in [0, 0.05) is 4.47 Å². The van der Waals surface area contributed by atoms with E-state index in [1.54, 1.807) is 6.07 Å². The van der Waals surface area contributed by atoms with Crippen molar-refractivity contribution in [3.63, 3.8) is 0 Å². The van der Waals surface area contributed by atoms with Crippen LogP contribution in [0.15, 0.2) is 16.6 Å². The highest BCUT2D eigenvalue weighted by Crippen LogP contribution is 2.24. The summed E-state index contributed by atoms with van der Waals surface area (Å²) in [7, 11) is 0. The first-order valence-electron chi connectivity index (χ1n) is 4.52. The van der Waals surface area contributed by atoms with Crippen LogP contribution in [0.5, 0.6) is 0 Å². The molecule has 0 radical (unpaired) electrons. The molecule has 0 aliphatic carbocycles. The van der Waals surface area contributed by atoms with E-state index in [4.69, 9.17) is 10.4 Å². The van der Waals surface area contributed by atoms with Crippen LogP contribution in [-0.4, -0.2) is 11.1 Å². The largest absolute Gasteiger partial charge is 0.481 e. The van der Waals surface area contributed by atoms with Gasteiger partial charge in [0.05, 0.1) is 18.1 Å². The molecule has 0 aliphatic rings. The van der Waals surface area contributed by atoms with E-state index in [1.807, 2.05) is 13.0 Å². The molecule has 0 saturated heterocycles. The van der Waals surface area contributed by atoms with Gasteiger partial charge in [-0.2, -0.15) is 5.26 Å². The highest BCUT2D eigenvalue weighted by molar-refractivity contribution is 9.10. The molecule has 0 heterocycles. The number of carbonyl (C=O) groups is 1. The summed E-state index contributed by atoms with van der Waals surface area (Å²) < 4.78 is 0.679. The van der Waals surface area contributed by atoms with Crippen LogP contribution < -0.4 is 0 Å². The molecule has 0 spiro atoms. The summed E-state index contributed by atoms with van der Waals surface area (Å²) >= 11 is 3.27. The van der Waals surface area contributed by atoms with Gasteiger partial charge in [0.1, 0.15) is 0 Å². The first-order chi connectivity index (χ1) is 7.10. The number of halogens is 1. The van der Waals surface area contributed by atoms with E-state index in [-0.39, 0.29) is 6.42 Å². The molecule has 0 saturated carbocycles. The summed E-state index contributed by atoms with van der Waals surface area (Å²) in [6.07, 6.45) is 0.597. The second kappa shape index (κ2) is 4.94. The van der Waals surface area contributed by atoms with Gasteiger partial charge in [0.15, 0.2) is 0 Å². The minimum absolute atomic E-state index is 0.128. The van der Waals surface area contributed by atoms with E-state index < -0.39 is 5.97 Å². The van der Waals surface area contributed by atoms with Crippen LogP contribution in [0.4, 0.5) is 0 Å². The molecule has 1 N–H and O–H groups in total. The van der Waals surface area contributed by atoms with Crippen LogP contribution in [-0.2, 0) is 17.6 Å². The third-order valence-electron chi connectivity index (χ3n) is 2.16. The zero-order chi connectivity index (χ0) is 11.4. The summed E-state index contributed by atoms with van der Waals surface area (Å²) in [6.45, 7) is 1.94. The van der Waals surface area contributed by atoms with Crippen LogP contribution >= 0.6 is 15.9 Å².